The number of thioether (sulfide) groups is 1. The fourth-order valence-corrected chi connectivity index (χ4v) is 2.32. The summed E-state index contributed by atoms with van der Waals surface area (Å²) < 4.78 is 18.6. The van der Waals surface area contributed by atoms with Crippen LogP contribution in [-0.2, 0) is 0 Å². The number of benzene rings is 2. The number of hydrogen-bond donors (Lipinski definition) is 1. The van der Waals surface area contributed by atoms with Gasteiger partial charge in [0, 0.05) is 16.3 Å². The summed E-state index contributed by atoms with van der Waals surface area (Å²) in [6, 6.07) is 14.2. The molecule has 0 radical (unpaired) electrons. The Morgan fingerprint density at radius 3 is 2.61 bits per heavy atom. The van der Waals surface area contributed by atoms with Crippen molar-refractivity contribution < 1.29 is 9.13 Å². The number of anilines is 1. The summed E-state index contributed by atoms with van der Waals surface area (Å²) >= 11 is 1.52. The molecule has 4 heteroatoms. The van der Waals surface area contributed by atoms with Gasteiger partial charge in [0.15, 0.2) is 0 Å². The van der Waals surface area contributed by atoms with E-state index >= 15 is 0 Å². The molecule has 2 aromatic carbocycles. The van der Waals surface area contributed by atoms with Crippen molar-refractivity contribution in [3.8, 4) is 5.75 Å². The van der Waals surface area contributed by atoms with Gasteiger partial charge in [0.25, 0.3) is 0 Å². The lowest BCUT2D eigenvalue weighted by Gasteiger charge is -2.06. The second kappa shape index (κ2) is 6.31. The van der Waals surface area contributed by atoms with Gasteiger partial charge in [0.1, 0.15) is 11.6 Å². The van der Waals surface area contributed by atoms with Crippen molar-refractivity contribution in [3.05, 3.63) is 54.3 Å². The third-order valence-electron chi connectivity index (χ3n) is 2.26. The van der Waals surface area contributed by atoms with Crippen molar-refractivity contribution >= 4 is 17.4 Å². The Morgan fingerprint density at radius 1 is 1.11 bits per heavy atom. The summed E-state index contributed by atoms with van der Waals surface area (Å²) in [6.07, 6.45) is 0. The molecule has 0 spiro atoms. The Balaban J connectivity index is 1.78. The average molecular weight is 263 g/mol. The van der Waals surface area contributed by atoms with Crippen LogP contribution in [0.1, 0.15) is 0 Å². The minimum Gasteiger partial charge on any atom is -0.493 e. The Bertz CT molecular complexity index is 484. The van der Waals surface area contributed by atoms with Gasteiger partial charge in [-0.3, -0.25) is 0 Å². The van der Waals surface area contributed by atoms with E-state index in [1.807, 2.05) is 30.3 Å². The number of halogens is 1. The van der Waals surface area contributed by atoms with Gasteiger partial charge in [-0.05, 0) is 30.3 Å². The molecule has 0 saturated carbocycles. The molecule has 0 aromatic heterocycles. The molecule has 94 valence electrons. The van der Waals surface area contributed by atoms with E-state index in [4.69, 9.17) is 10.5 Å². The van der Waals surface area contributed by atoms with Crippen LogP contribution in [0.3, 0.4) is 0 Å². The van der Waals surface area contributed by atoms with Crippen molar-refractivity contribution in [2.45, 2.75) is 4.90 Å². The van der Waals surface area contributed by atoms with Crippen molar-refractivity contribution in [2.75, 3.05) is 18.1 Å². The molecule has 2 aromatic rings. The van der Waals surface area contributed by atoms with Crippen molar-refractivity contribution in [3.63, 3.8) is 0 Å². The summed E-state index contributed by atoms with van der Waals surface area (Å²) in [7, 11) is 0. The zero-order chi connectivity index (χ0) is 12.8. The summed E-state index contributed by atoms with van der Waals surface area (Å²) in [6.45, 7) is 0.575. The van der Waals surface area contributed by atoms with E-state index < -0.39 is 0 Å². The van der Waals surface area contributed by atoms with Crippen LogP contribution in [-0.4, -0.2) is 12.4 Å². The fourth-order valence-electron chi connectivity index (χ4n) is 1.50. The summed E-state index contributed by atoms with van der Waals surface area (Å²) in [5, 5.41) is 0. The highest BCUT2D eigenvalue weighted by Crippen LogP contribution is 2.22. The smallest absolute Gasteiger partial charge is 0.126 e. The average Bonchev–Trinajstić information content (AvgIpc) is 2.35. The van der Waals surface area contributed by atoms with Crippen molar-refractivity contribution in [1.82, 2.24) is 0 Å². The van der Waals surface area contributed by atoms with Crippen molar-refractivity contribution in [1.29, 1.82) is 0 Å². The second-order valence-corrected chi connectivity index (χ2v) is 4.90. The molecule has 0 saturated heterocycles. The van der Waals surface area contributed by atoms with Gasteiger partial charge in [0.2, 0.25) is 0 Å². The van der Waals surface area contributed by atoms with Crippen LogP contribution in [0.5, 0.6) is 5.75 Å². The molecule has 2 rings (SSSR count). The van der Waals surface area contributed by atoms with E-state index in [9.17, 15) is 4.39 Å². The number of hydrogen-bond acceptors (Lipinski definition) is 3. The molecule has 0 amide bonds. The highest BCUT2D eigenvalue weighted by atomic mass is 32.2. The maximum absolute atomic E-state index is 13.1. The number of para-hydroxylation sites is 1. The van der Waals surface area contributed by atoms with Gasteiger partial charge < -0.3 is 10.5 Å². The molecular formula is C14H14FNOS. The first kappa shape index (κ1) is 12.8. The molecule has 0 fully saturated rings. The van der Waals surface area contributed by atoms with E-state index in [2.05, 4.69) is 0 Å². The van der Waals surface area contributed by atoms with Gasteiger partial charge in [-0.25, -0.2) is 4.39 Å². The predicted molar refractivity (Wildman–Crippen MR) is 73.5 cm³/mol. The topological polar surface area (TPSA) is 35.2 Å². The second-order valence-electron chi connectivity index (χ2n) is 3.73. The van der Waals surface area contributed by atoms with Gasteiger partial charge in [0.05, 0.1) is 6.61 Å². The minimum absolute atomic E-state index is 0.304. The van der Waals surface area contributed by atoms with Crippen LogP contribution in [0, 0.1) is 5.82 Å². The SMILES string of the molecule is Nc1cc(F)cc(SCCOc2ccccc2)c1. The summed E-state index contributed by atoms with van der Waals surface area (Å²) in [5.41, 5.74) is 6.02. The normalized spacial score (nSPS) is 10.3. The van der Waals surface area contributed by atoms with E-state index in [1.54, 1.807) is 6.07 Å². The van der Waals surface area contributed by atoms with Gasteiger partial charge in [-0.2, -0.15) is 0 Å². The molecule has 0 bridgehead atoms. The standard InChI is InChI=1S/C14H14FNOS/c15-11-8-12(16)10-14(9-11)18-7-6-17-13-4-2-1-3-5-13/h1-5,8-10H,6-7,16H2. The zero-order valence-corrected chi connectivity index (χ0v) is 10.6. The highest BCUT2D eigenvalue weighted by Gasteiger charge is 2.00. The van der Waals surface area contributed by atoms with Crippen LogP contribution in [0.4, 0.5) is 10.1 Å². The fraction of sp³-hybridized carbons (Fsp3) is 0.143. The van der Waals surface area contributed by atoms with Crippen molar-refractivity contribution in [2.24, 2.45) is 0 Å². The Hall–Kier alpha value is -1.68. The van der Waals surface area contributed by atoms with Gasteiger partial charge >= 0.3 is 0 Å². The number of ether oxygens (including phenoxy) is 1. The minimum atomic E-state index is -0.304. The van der Waals surface area contributed by atoms with Gasteiger partial charge in [-0.1, -0.05) is 18.2 Å². The number of rotatable bonds is 5. The molecule has 2 nitrogen and oxygen atoms in total. The lowest BCUT2D eigenvalue weighted by atomic mass is 10.3. The third-order valence-corrected chi connectivity index (χ3v) is 3.20. The van der Waals surface area contributed by atoms with Gasteiger partial charge in [-0.15, -0.1) is 11.8 Å². The van der Waals surface area contributed by atoms with Crippen LogP contribution >= 0.6 is 11.8 Å². The maximum atomic E-state index is 13.1. The lowest BCUT2D eigenvalue weighted by molar-refractivity contribution is 0.344. The van der Waals surface area contributed by atoms with Crippen LogP contribution in [0.2, 0.25) is 0 Å². The Morgan fingerprint density at radius 2 is 1.89 bits per heavy atom. The van der Waals surface area contributed by atoms with Crippen LogP contribution in [0.25, 0.3) is 0 Å². The maximum Gasteiger partial charge on any atom is 0.126 e. The zero-order valence-electron chi connectivity index (χ0n) is 9.80. The number of nitrogen functional groups attached to an aromatic ring is 1. The first-order valence-corrected chi connectivity index (χ1v) is 6.59. The quantitative estimate of drug-likeness (QED) is 0.509. The molecule has 0 aliphatic rings. The summed E-state index contributed by atoms with van der Waals surface area (Å²) in [4.78, 5) is 0.823. The predicted octanol–water partition coefficient (Wildman–Crippen LogP) is 3.58. The molecule has 18 heavy (non-hydrogen) atoms. The highest BCUT2D eigenvalue weighted by molar-refractivity contribution is 7.99. The van der Waals surface area contributed by atoms with E-state index in [0.29, 0.717) is 12.3 Å². The molecule has 0 aliphatic carbocycles. The molecule has 0 unspecified atom stereocenters. The Labute approximate surface area is 110 Å². The molecule has 2 N–H and O–H groups in total. The molecule has 0 aliphatic heterocycles. The molecular weight excluding hydrogens is 249 g/mol. The molecule has 0 atom stereocenters. The lowest BCUT2D eigenvalue weighted by Crippen LogP contribution is -2.00. The first-order valence-electron chi connectivity index (χ1n) is 5.61. The van der Waals surface area contributed by atoms with Crippen LogP contribution < -0.4 is 10.5 Å². The first-order chi connectivity index (χ1) is 8.74. The van der Waals surface area contributed by atoms with E-state index in [0.717, 1.165) is 16.4 Å². The monoisotopic (exact) mass is 263 g/mol. The molecule has 0 heterocycles. The Kier molecular flexibility index (Phi) is 4.47. The van der Waals surface area contributed by atoms with E-state index in [1.165, 1.54) is 23.9 Å². The third kappa shape index (κ3) is 3.96. The largest absolute Gasteiger partial charge is 0.493 e. The summed E-state index contributed by atoms with van der Waals surface area (Å²) in [5.74, 6) is 1.29. The van der Waals surface area contributed by atoms with E-state index in [-0.39, 0.29) is 5.82 Å². The van der Waals surface area contributed by atoms with Crippen LogP contribution in [0.15, 0.2) is 53.4 Å². The number of nitrogens with two attached hydrogens (primary N) is 1.